The molecule has 2 N–H and O–H groups in total. The van der Waals surface area contributed by atoms with Gasteiger partial charge in [-0.1, -0.05) is 0 Å². The normalized spacial score (nSPS) is 13.4. The Morgan fingerprint density at radius 3 is 2.57 bits per heavy atom. The van der Waals surface area contributed by atoms with Gasteiger partial charge >= 0.3 is 5.97 Å². The summed E-state index contributed by atoms with van der Waals surface area (Å²) in [7, 11) is 1.53. The molecule has 0 fully saturated rings. The third-order valence-corrected chi connectivity index (χ3v) is 4.76. The van der Waals surface area contributed by atoms with E-state index in [4.69, 9.17) is 0 Å². The average Bonchev–Trinajstić information content (AvgIpc) is 2.75. The average molecular weight is 310 g/mol. The van der Waals surface area contributed by atoms with E-state index >= 15 is 0 Å². The molecule has 0 aromatic carbocycles. The number of likely N-dealkylation sites (N-methyl/N-ethyl adjacent to an activating group) is 1. The molecule has 1 aromatic heterocycles. The molecule has 0 saturated carbocycles. The van der Waals surface area contributed by atoms with Crippen LogP contribution in [0.2, 0.25) is 0 Å². The van der Waals surface area contributed by atoms with E-state index in [1.54, 1.807) is 0 Å². The smallest absolute Gasteiger partial charge is 0.339 e. The summed E-state index contributed by atoms with van der Waals surface area (Å²) < 4.78 is 0. The second-order valence-corrected chi connectivity index (χ2v) is 6.25. The number of aromatic carboxylic acids is 1. The Hall–Kier alpha value is -1.89. The van der Waals surface area contributed by atoms with Crippen molar-refractivity contribution in [3.63, 3.8) is 0 Å². The first-order valence-electron chi connectivity index (χ1n) is 6.79. The van der Waals surface area contributed by atoms with Crippen molar-refractivity contribution in [2.45, 2.75) is 32.6 Å². The van der Waals surface area contributed by atoms with E-state index in [-0.39, 0.29) is 23.9 Å². The molecule has 1 aliphatic rings. The zero-order valence-electron chi connectivity index (χ0n) is 12.1. The minimum absolute atomic E-state index is 0.0864. The summed E-state index contributed by atoms with van der Waals surface area (Å²) in [6, 6.07) is 0. The van der Waals surface area contributed by atoms with Crippen molar-refractivity contribution in [1.82, 2.24) is 4.90 Å². The molecule has 2 rings (SSSR count). The van der Waals surface area contributed by atoms with Gasteiger partial charge in [0.1, 0.15) is 5.00 Å². The van der Waals surface area contributed by atoms with Crippen LogP contribution in [0.5, 0.6) is 0 Å². The van der Waals surface area contributed by atoms with Crippen molar-refractivity contribution in [1.29, 1.82) is 0 Å². The summed E-state index contributed by atoms with van der Waals surface area (Å²) in [5, 5.41) is 12.4. The first kappa shape index (κ1) is 15.5. The third kappa shape index (κ3) is 3.41. The standard InChI is InChI=1S/C14H18N2O4S/c1-8(17)16(2)7-11(18)15-13-12(14(19)20)9-5-3-4-6-10(9)21-13/h3-7H2,1-2H3,(H,15,18)(H,19,20). The number of hydrogen-bond acceptors (Lipinski definition) is 4. The highest BCUT2D eigenvalue weighted by Crippen LogP contribution is 2.38. The fourth-order valence-electron chi connectivity index (χ4n) is 2.37. The van der Waals surface area contributed by atoms with Crippen molar-refractivity contribution in [2.75, 3.05) is 18.9 Å². The van der Waals surface area contributed by atoms with Gasteiger partial charge in [0.15, 0.2) is 0 Å². The molecule has 0 unspecified atom stereocenters. The number of carboxylic acid groups (broad SMARTS) is 1. The van der Waals surface area contributed by atoms with Gasteiger partial charge in [-0.05, 0) is 31.2 Å². The van der Waals surface area contributed by atoms with Gasteiger partial charge in [0.25, 0.3) is 0 Å². The SMILES string of the molecule is CC(=O)N(C)CC(=O)Nc1sc2c(c1C(=O)O)CCCC2. The highest BCUT2D eigenvalue weighted by molar-refractivity contribution is 7.17. The van der Waals surface area contributed by atoms with E-state index in [1.165, 1.54) is 30.2 Å². The van der Waals surface area contributed by atoms with Gasteiger partial charge in [-0.25, -0.2) is 4.79 Å². The van der Waals surface area contributed by atoms with Crippen LogP contribution in [-0.2, 0) is 22.4 Å². The number of rotatable bonds is 4. The topological polar surface area (TPSA) is 86.7 Å². The second-order valence-electron chi connectivity index (χ2n) is 5.14. The van der Waals surface area contributed by atoms with E-state index in [9.17, 15) is 19.5 Å². The van der Waals surface area contributed by atoms with Gasteiger partial charge in [0.05, 0.1) is 12.1 Å². The summed E-state index contributed by atoms with van der Waals surface area (Å²) >= 11 is 1.34. The predicted molar refractivity (Wildman–Crippen MR) is 79.9 cm³/mol. The Kier molecular flexibility index (Phi) is 4.62. The van der Waals surface area contributed by atoms with Crippen LogP contribution in [0.3, 0.4) is 0 Å². The molecule has 21 heavy (non-hydrogen) atoms. The van der Waals surface area contributed by atoms with E-state index in [0.29, 0.717) is 5.00 Å². The minimum Gasteiger partial charge on any atom is -0.478 e. The van der Waals surface area contributed by atoms with Gasteiger partial charge < -0.3 is 15.3 Å². The number of anilines is 1. The molecule has 0 bridgehead atoms. The number of aryl methyl sites for hydroxylation is 1. The van der Waals surface area contributed by atoms with Crippen molar-refractivity contribution in [2.24, 2.45) is 0 Å². The van der Waals surface area contributed by atoms with Crippen LogP contribution in [-0.4, -0.2) is 41.4 Å². The third-order valence-electron chi connectivity index (χ3n) is 3.56. The Labute approximate surface area is 126 Å². The van der Waals surface area contributed by atoms with Crippen LogP contribution in [0.25, 0.3) is 0 Å². The zero-order valence-corrected chi connectivity index (χ0v) is 12.9. The molecule has 7 heteroatoms. The highest BCUT2D eigenvalue weighted by atomic mass is 32.1. The number of hydrogen-bond donors (Lipinski definition) is 2. The van der Waals surface area contributed by atoms with Crippen molar-refractivity contribution >= 4 is 34.1 Å². The van der Waals surface area contributed by atoms with Crippen LogP contribution < -0.4 is 5.32 Å². The number of carbonyl (C=O) groups excluding carboxylic acids is 2. The summed E-state index contributed by atoms with van der Waals surface area (Å²) in [5.41, 5.74) is 1.07. The molecule has 0 spiro atoms. The quantitative estimate of drug-likeness (QED) is 0.887. The Morgan fingerprint density at radius 2 is 1.95 bits per heavy atom. The molecule has 114 valence electrons. The lowest BCUT2D eigenvalue weighted by atomic mass is 9.95. The molecule has 0 saturated heterocycles. The number of thiophene rings is 1. The maximum absolute atomic E-state index is 11.9. The van der Waals surface area contributed by atoms with Crippen molar-refractivity contribution in [3.05, 3.63) is 16.0 Å². The number of amides is 2. The zero-order chi connectivity index (χ0) is 15.6. The fourth-order valence-corrected chi connectivity index (χ4v) is 3.67. The molecule has 0 aliphatic heterocycles. The minimum atomic E-state index is -1.01. The van der Waals surface area contributed by atoms with Gasteiger partial charge in [0, 0.05) is 18.8 Å². The number of fused-ring (bicyclic) bond motifs is 1. The van der Waals surface area contributed by atoms with Gasteiger partial charge in [-0.15, -0.1) is 11.3 Å². The highest BCUT2D eigenvalue weighted by Gasteiger charge is 2.26. The molecule has 2 amide bonds. The monoisotopic (exact) mass is 310 g/mol. The maximum atomic E-state index is 11.9. The molecular weight excluding hydrogens is 292 g/mol. The van der Waals surface area contributed by atoms with Gasteiger partial charge in [-0.3, -0.25) is 9.59 Å². The first-order chi connectivity index (χ1) is 9.90. The van der Waals surface area contributed by atoms with Crippen molar-refractivity contribution in [3.8, 4) is 0 Å². The number of carboxylic acids is 1. The van der Waals surface area contributed by atoms with Gasteiger partial charge in [0.2, 0.25) is 11.8 Å². The van der Waals surface area contributed by atoms with E-state index < -0.39 is 5.97 Å². The van der Waals surface area contributed by atoms with Crippen LogP contribution in [0.4, 0.5) is 5.00 Å². The molecule has 0 atom stereocenters. The van der Waals surface area contributed by atoms with Gasteiger partial charge in [-0.2, -0.15) is 0 Å². The predicted octanol–water partition coefficient (Wildman–Crippen LogP) is 1.74. The van der Waals surface area contributed by atoms with Crippen LogP contribution in [0.1, 0.15) is 40.6 Å². The lowest BCUT2D eigenvalue weighted by Crippen LogP contribution is -2.33. The molecule has 6 nitrogen and oxygen atoms in total. The fraction of sp³-hybridized carbons (Fsp3) is 0.500. The van der Waals surface area contributed by atoms with Crippen LogP contribution in [0, 0.1) is 0 Å². The summed E-state index contributed by atoms with van der Waals surface area (Å²) in [5.74, 6) is -1.60. The number of carbonyl (C=O) groups is 3. The number of nitrogens with one attached hydrogen (secondary N) is 1. The molecule has 0 radical (unpaired) electrons. The van der Waals surface area contributed by atoms with Crippen LogP contribution in [0.15, 0.2) is 0 Å². The lowest BCUT2D eigenvalue weighted by Gasteiger charge is -2.14. The summed E-state index contributed by atoms with van der Waals surface area (Å²) in [6.45, 7) is 1.29. The molecule has 1 aromatic rings. The van der Waals surface area contributed by atoms with E-state index in [1.807, 2.05) is 0 Å². The maximum Gasteiger partial charge on any atom is 0.339 e. The summed E-state index contributed by atoms with van der Waals surface area (Å²) in [6.07, 6.45) is 3.64. The molecular formula is C14H18N2O4S. The number of nitrogens with zero attached hydrogens (tertiary/aromatic N) is 1. The van der Waals surface area contributed by atoms with E-state index in [2.05, 4.69) is 5.32 Å². The summed E-state index contributed by atoms with van der Waals surface area (Å²) in [4.78, 5) is 36.8. The Morgan fingerprint density at radius 1 is 1.29 bits per heavy atom. The Bertz CT molecular complexity index is 594. The lowest BCUT2D eigenvalue weighted by molar-refractivity contribution is -0.131. The second kappa shape index (κ2) is 6.26. The van der Waals surface area contributed by atoms with E-state index in [0.717, 1.165) is 36.1 Å². The Balaban J connectivity index is 2.20. The molecule has 1 heterocycles. The first-order valence-corrected chi connectivity index (χ1v) is 7.61. The van der Waals surface area contributed by atoms with Crippen LogP contribution >= 0.6 is 11.3 Å². The van der Waals surface area contributed by atoms with Crippen molar-refractivity contribution < 1.29 is 19.5 Å². The largest absolute Gasteiger partial charge is 0.478 e. The molecule has 1 aliphatic carbocycles.